The number of anilines is 2. The maximum absolute atomic E-state index is 13.7. The maximum Gasteiger partial charge on any atom is 0.144 e. The topological polar surface area (TPSA) is 49.5 Å². The van der Waals surface area contributed by atoms with E-state index in [1.165, 1.54) is 12.1 Å². The zero-order valence-electron chi connectivity index (χ0n) is 11.4. The number of hydrogen-bond donors (Lipinski definition) is 2. The minimum atomic E-state index is -0.533. The molecule has 1 aliphatic carbocycles. The van der Waals surface area contributed by atoms with Gasteiger partial charge in [0.1, 0.15) is 5.82 Å². The van der Waals surface area contributed by atoms with E-state index in [4.69, 9.17) is 17.3 Å². The van der Waals surface area contributed by atoms with Gasteiger partial charge in [-0.05, 0) is 25.3 Å². The molecule has 110 valence electrons. The first-order chi connectivity index (χ1) is 9.49. The van der Waals surface area contributed by atoms with Crippen molar-refractivity contribution in [3.63, 3.8) is 0 Å². The summed E-state index contributed by atoms with van der Waals surface area (Å²) in [6, 6.07) is 2.87. The highest BCUT2D eigenvalue weighted by molar-refractivity contribution is 6.31. The minimum Gasteiger partial charge on any atom is -0.397 e. The van der Waals surface area contributed by atoms with E-state index in [-0.39, 0.29) is 10.9 Å². The molecule has 2 atom stereocenters. The molecule has 1 saturated heterocycles. The molecule has 2 unspecified atom stereocenters. The van der Waals surface area contributed by atoms with Crippen LogP contribution in [0.5, 0.6) is 0 Å². The molecular formula is C15H20ClFN2O. The number of nitrogens with two attached hydrogens (primary N) is 1. The van der Waals surface area contributed by atoms with Gasteiger partial charge in [0, 0.05) is 25.1 Å². The zero-order chi connectivity index (χ0) is 14.3. The largest absolute Gasteiger partial charge is 0.397 e. The number of piperidine rings is 1. The van der Waals surface area contributed by atoms with Crippen molar-refractivity contribution in [2.24, 2.45) is 5.92 Å². The molecule has 2 fully saturated rings. The van der Waals surface area contributed by atoms with Crippen molar-refractivity contribution in [2.45, 2.75) is 37.7 Å². The number of halogens is 2. The van der Waals surface area contributed by atoms with Crippen LogP contribution in [-0.4, -0.2) is 23.8 Å². The molecule has 20 heavy (non-hydrogen) atoms. The van der Waals surface area contributed by atoms with Gasteiger partial charge in [0.15, 0.2) is 0 Å². The number of nitrogens with zero attached hydrogens (tertiary/aromatic N) is 1. The first-order valence-electron chi connectivity index (χ1n) is 7.21. The Kier molecular flexibility index (Phi) is 3.55. The Balaban J connectivity index is 1.84. The monoisotopic (exact) mass is 298 g/mol. The third-order valence-corrected chi connectivity index (χ3v) is 5.13. The Bertz CT molecular complexity index is 525. The van der Waals surface area contributed by atoms with Gasteiger partial charge in [-0.25, -0.2) is 4.39 Å². The Hall–Kier alpha value is -1.00. The molecule has 3 nitrogen and oxygen atoms in total. The Morgan fingerprint density at radius 1 is 1.35 bits per heavy atom. The Morgan fingerprint density at radius 3 is 2.95 bits per heavy atom. The predicted octanol–water partition coefficient (Wildman–Crippen LogP) is 3.19. The van der Waals surface area contributed by atoms with Gasteiger partial charge >= 0.3 is 0 Å². The molecule has 0 aromatic heterocycles. The van der Waals surface area contributed by atoms with E-state index in [0.717, 1.165) is 38.6 Å². The third kappa shape index (κ3) is 2.35. The van der Waals surface area contributed by atoms with Crippen molar-refractivity contribution in [2.75, 3.05) is 23.7 Å². The summed E-state index contributed by atoms with van der Waals surface area (Å²) in [7, 11) is 0. The number of rotatable bonds is 1. The zero-order valence-corrected chi connectivity index (χ0v) is 12.2. The van der Waals surface area contributed by atoms with E-state index in [0.29, 0.717) is 17.9 Å². The lowest BCUT2D eigenvalue weighted by Crippen LogP contribution is -2.53. The highest BCUT2D eigenvalue weighted by atomic mass is 35.5. The van der Waals surface area contributed by atoms with Crippen molar-refractivity contribution < 1.29 is 9.50 Å². The summed E-state index contributed by atoms with van der Waals surface area (Å²) in [4.78, 5) is 2.08. The third-order valence-electron chi connectivity index (χ3n) is 4.84. The average Bonchev–Trinajstić information content (AvgIpc) is 2.42. The van der Waals surface area contributed by atoms with Crippen LogP contribution in [0.4, 0.5) is 15.8 Å². The standard InChI is InChI=1S/C15H20ClFN2O/c16-11-7-13(18)14(8-12(11)17)19-6-5-15(20)4-2-1-3-10(15)9-19/h7-8,10,20H,1-6,9,18H2. The summed E-state index contributed by atoms with van der Waals surface area (Å²) in [5.41, 5.74) is 6.63. The number of benzene rings is 1. The van der Waals surface area contributed by atoms with Crippen LogP contribution in [-0.2, 0) is 0 Å². The van der Waals surface area contributed by atoms with E-state index in [2.05, 4.69) is 4.90 Å². The second-order valence-corrected chi connectivity index (χ2v) is 6.47. The lowest BCUT2D eigenvalue weighted by Gasteiger charge is -2.48. The van der Waals surface area contributed by atoms with E-state index in [9.17, 15) is 9.50 Å². The smallest absolute Gasteiger partial charge is 0.144 e. The quantitative estimate of drug-likeness (QED) is 0.783. The van der Waals surface area contributed by atoms with E-state index in [1.807, 2.05) is 0 Å². The van der Waals surface area contributed by atoms with Crippen LogP contribution >= 0.6 is 11.6 Å². The number of hydrogen-bond acceptors (Lipinski definition) is 3. The molecule has 1 heterocycles. The summed E-state index contributed by atoms with van der Waals surface area (Å²) >= 11 is 5.74. The summed E-state index contributed by atoms with van der Waals surface area (Å²) in [5, 5.41) is 10.7. The van der Waals surface area contributed by atoms with Crippen LogP contribution in [0.3, 0.4) is 0 Å². The Labute approximate surface area is 123 Å². The van der Waals surface area contributed by atoms with Gasteiger partial charge in [-0.1, -0.05) is 24.4 Å². The van der Waals surface area contributed by atoms with Gasteiger partial charge in [0.25, 0.3) is 0 Å². The van der Waals surface area contributed by atoms with Gasteiger partial charge in [-0.2, -0.15) is 0 Å². The van der Waals surface area contributed by atoms with Crippen LogP contribution in [0.2, 0.25) is 5.02 Å². The molecule has 1 aromatic carbocycles. The SMILES string of the molecule is Nc1cc(Cl)c(F)cc1N1CCC2(O)CCCCC2C1. The fourth-order valence-electron chi connectivity index (χ4n) is 3.62. The fourth-order valence-corrected chi connectivity index (χ4v) is 3.79. The normalized spacial score (nSPS) is 30.1. The van der Waals surface area contributed by atoms with Crippen molar-refractivity contribution in [1.82, 2.24) is 0 Å². The van der Waals surface area contributed by atoms with E-state index >= 15 is 0 Å². The van der Waals surface area contributed by atoms with Crippen molar-refractivity contribution >= 4 is 23.0 Å². The van der Waals surface area contributed by atoms with Crippen molar-refractivity contribution in [3.8, 4) is 0 Å². The fraction of sp³-hybridized carbons (Fsp3) is 0.600. The van der Waals surface area contributed by atoms with Crippen LogP contribution < -0.4 is 10.6 Å². The lowest BCUT2D eigenvalue weighted by atomic mass is 9.71. The van der Waals surface area contributed by atoms with Crippen LogP contribution in [0.1, 0.15) is 32.1 Å². The van der Waals surface area contributed by atoms with Gasteiger partial charge in [0.2, 0.25) is 0 Å². The number of aliphatic hydroxyl groups is 1. The van der Waals surface area contributed by atoms with Gasteiger partial charge < -0.3 is 15.7 Å². The maximum atomic E-state index is 13.7. The van der Waals surface area contributed by atoms with Crippen LogP contribution in [0, 0.1) is 11.7 Å². The van der Waals surface area contributed by atoms with E-state index in [1.54, 1.807) is 0 Å². The molecule has 0 bridgehead atoms. The minimum absolute atomic E-state index is 0.0532. The molecular weight excluding hydrogens is 279 g/mol. The molecule has 3 N–H and O–H groups in total. The van der Waals surface area contributed by atoms with Crippen molar-refractivity contribution in [1.29, 1.82) is 0 Å². The first-order valence-corrected chi connectivity index (χ1v) is 7.59. The molecule has 1 aliphatic heterocycles. The molecule has 5 heteroatoms. The molecule has 0 radical (unpaired) electrons. The number of nitrogen functional groups attached to an aromatic ring is 1. The van der Waals surface area contributed by atoms with Crippen LogP contribution in [0.15, 0.2) is 12.1 Å². The Morgan fingerprint density at radius 2 is 2.15 bits per heavy atom. The summed E-state index contributed by atoms with van der Waals surface area (Å²) in [6.45, 7) is 1.44. The van der Waals surface area contributed by atoms with Crippen LogP contribution in [0.25, 0.3) is 0 Å². The molecule has 0 amide bonds. The highest BCUT2D eigenvalue weighted by Gasteiger charge is 2.43. The lowest BCUT2D eigenvalue weighted by molar-refractivity contribution is -0.0612. The van der Waals surface area contributed by atoms with Gasteiger partial charge in [-0.15, -0.1) is 0 Å². The second-order valence-electron chi connectivity index (χ2n) is 6.07. The molecule has 1 aromatic rings. The molecule has 0 spiro atoms. The van der Waals surface area contributed by atoms with E-state index < -0.39 is 11.4 Å². The first kappa shape index (κ1) is 14.0. The van der Waals surface area contributed by atoms with Crippen molar-refractivity contribution in [3.05, 3.63) is 23.0 Å². The van der Waals surface area contributed by atoms with Gasteiger partial charge in [-0.3, -0.25) is 0 Å². The second kappa shape index (κ2) is 5.08. The molecule has 3 rings (SSSR count). The summed E-state index contributed by atoms with van der Waals surface area (Å²) in [5.74, 6) is -0.191. The molecule has 1 saturated carbocycles. The number of fused-ring (bicyclic) bond motifs is 1. The average molecular weight is 299 g/mol. The van der Waals surface area contributed by atoms with Gasteiger partial charge in [0.05, 0.1) is 22.0 Å². The predicted molar refractivity (Wildman–Crippen MR) is 79.6 cm³/mol. The summed E-state index contributed by atoms with van der Waals surface area (Å²) < 4.78 is 13.7. The summed E-state index contributed by atoms with van der Waals surface area (Å²) in [6.07, 6.45) is 4.90. The highest BCUT2D eigenvalue weighted by Crippen LogP contribution is 2.42. The molecule has 2 aliphatic rings.